The first kappa shape index (κ1) is 22.3. The summed E-state index contributed by atoms with van der Waals surface area (Å²) in [4.78, 5) is 28.0. The van der Waals surface area contributed by atoms with Crippen molar-refractivity contribution in [3.63, 3.8) is 0 Å². The maximum absolute atomic E-state index is 13.1. The molecule has 2 N–H and O–H groups in total. The first-order valence-corrected chi connectivity index (χ1v) is 11.4. The zero-order valence-electron chi connectivity index (χ0n) is 18.5. The van der Waals surface area contributed by atoms with E-state index in [0.717, 1.165) is 49.3 Å². The Kier molecular flexibility index (Phi) is 7.05. The highest BCUT2D eigenvalue weighted by molar-refractivity contribution is 5.89. The van der Waals surface area contributed by atoms with Crippen molar-refractivity contribution in [2.24, 2.45) is 0 Å². The third-order valence-electron chi connectivity index (χ3n) is 6.44. The van der Waals surface area contributed by atoms with Gasteiger partial charge in [-0.25, -0.2) is 9.18 Å². The Morgan fingerprint density at radius 2 is 1.66 bits per heavy atom. The van der Waals surface area contributed by atoms with Crippen LogP contribution in [0.2, 0.25) is 0 Å². The average molecular weight is 439 g/mol. The molecule has 2 heterocycles. The van der Waals surface area contributed by atoms with Gasteiger partial charge in [0.15, 0.2) is 0 Å². The van der Waals surface area contributed by atoms with E-state index < -0.39 is 0 Å². The number of nitrogens with one attached hydrogen (secondary N) is 2. The molecule has 6 nitrogen and oxygen atoms in total. The molecule has 32 heavy (non-hydrogen) atoms. The molecule has 170 valence electrons. The Bertz CT molecular complexity index is 924. The highest BCUT2D eigenvalue weighted by Gasteiger charge is 2.25. The lowest BCUT2D eigenvalue weighted by atomic mass is 9.89. The summed E-state index contributed by atoms with van der Waals surface area (Å²) in [6.45, 7) is 5.22. The van der Waals surface area contributed by atoms with Gasteiger partial charge in [-0.3, -0.25) is 4.79 Å². The summed E-state index contributed by atoms with van der Waals surface area (Å²) in [5, 5.41) is 6.30. The van der Waals surface area contributed by atoms with E-state index in [1.54, 1.807) is 6.92 Å². The van der Waals surface area contributed by atoms with Crippen molar-refractivity contribution in [1.29, 1.82) is 0 Å². The summed E-state index contributed by atoms with van der Waals surface area (Å²) in [5.41, 5.74) is 3.04. The van der Waals surface area contributed by atoms with Crippen molar-refractivity contribution in [2.75, 3.05) is 42.9 Å². The maximum atomic E-state index is 13.1. The largest absolute Gasteiger partial charge is 0.370 e. The first-order chi connectivity index (χ1) is 15.5. The van der Waals surface area contributed by atoms with Crippen LogP contribution in [0.5, 0.6) is 0 Å². The Hall–Kier alpha value is -2.93. The Morgan fingerprint density at radius 3 is 2.31 bits per heavy atom. The molecule has 7 heteroatoms. The fraction of sp³-hybridized carbons (Fsp3) is 0.440. The molecule has 1 atom stereocenters. The van der Waals surface area contributed by atoms with Crippen molar-refractivity contribution in [2.45, 2.75) is 38.1 Å². The summed E-state index contributed by atoms with van der Waals surface area (Å²) in [7, 11) is 0. The second kappa shape index (κ2) is 10.1. The number of halogens is 1. The van der Waals surface area contributed by atoms with Crippen LogP contribution in [0, 0.1) is 5.82 Å². The SMILES string of the molecule is CC(=O)CN[C@@H]1CCN(c2ccc(NC(=O)N3CCC(c4ccc(F)cc4)CC3)cc2)C1. The molecule has 0 aromatic heterocycles. The molecule has 2 aromatic carbocycles. The van der Waals surface area contributed by atoms with Gasteiger partial charge in [-0.1, -0.05) is 12.1 Å². The topological polar surface area (TPSA) is 64.7 Å². The number of piperidine rings is 1. The zero-order valence-corrected chi connectivity index (χ0v) is 18.5. The summed E-state index contributed by atoms with van der Waals surface area (Å²) in [5.74, 6) is 0.308. The number of hydrogen-bond donors (Lipinski definition) is 2. The van der Waals surface area contributed by atoms with Gasteiger partial charge in [-0.15, -0.1) is 0 Å². The summed E-state index contributed by atoms with van der Waals surface area (Å²) in [6, 6.07) is 14.9. The molecular formula is C25H31FN4O2. The quantitative estimate of drug-likeness (QED) is 0.716. The number of benzene rings is 2. The molecule has 0 radical (unpaired) electrons. The molecule has 2 aromatic rings. The summed E-state index contributed by atoms with van der Waals surface area (Å²) in [6.07, 6.45) is 2.78. The number of Topliss-reactive ketones (excluding diaryl/α,β-unsaturated/α-hetero) is 1. The zero-order chi connectivity index (χ0) is 22.5. The molecule has 2 fully saturated rings. The Labute approximate surface area is 188 Å². The Balaban J connectivity index is 1.24. The monoisotopic (exact) mass is 438 g/mol. The fourth-order valence-electron chi connectivity index (χ4n) is 4.56. The summed E-state index contributed by atoms with van der Waals surface area (Å²) < 4.78 is 13.1. The number of anilines is 2. The standard InChI is InChI=1S/C25H31FN4O2/c1-18(31)16-27-23-12-15-30(17-23)24-8-6-22(7-9-24)28-25(32)29-13-10-20(11-14-29)19-2-4-21(26)5-3-19/h2-9,20,23,27H,10-17H2,1H3,(H,28,32)/t23-/m1/s1. The van der Waals surface area contributed by atoms with Crippen LogP contribution < -0.4 is 15.5 Å². The normalized spacial score (nSPS) is 19.2. The fourth-order valence-corrected chi connectivity index (χ4v) is 4.56. The lowest BCUT2D eigenvalue weighted by molar-refractivity contribution is -0.116. The minimum atomic E-state index is -0.217. The lowest BCUT2D eigenvalue weighted by Gasteiger charge is -2.32. The van der Waals surface area contributed by atoms with Crippen LogP contribution in [0.25, 0.3) is 0 Å². The molecule has 0 bridgehead atoms. The van der Waals surface area contributed by atoms with E-state index >= 15 is 0 Å². The van der Waals surface area contributed by atoms with Gasteiger partial charge in [0.1, 0.15) is 11.6 Å². The number of amides is 2. The van der Waals surface area contributed by atoms with Crippen LogP contribution in [0.15, 0.2) is 48.5 Å². The number of carbonyl (C=O) groups is 2. The molecule has 0 unspecified atom stereocenters. The minimum absolute atomic E-state index is 0.0787. The Morgan fingerprint density at radius 1 is 0.969 bits per heavy atom. The molecule has 2 saturated heterocycles. The highest BCUT2D eigenvalue weighted by Crippen LogP contribution is 2.28. The van der Waals surface area contributed by atoms with Gasteiger partial charge in [-0.05, 0) is 74.1 Å². The van der Waals surface area contributed by atoms with Crippen molar-refractivity contribution in [3.05, 3.63) is 59.9 Å². The van der Waals surface area contributed by atoms with E-state index in [9.17, 15) is 14.0 Å². The number of hydrogen-bond acceptors (Lipinski definition) is 4. The van der Waals surface area contributed by atoms with Crippen molar-refractivity contribution < 1.29 is 14.0 Å². The third-order valence-corrected chi connectivity index (χ3v) is 6.44. The highest BCUT2D eigenvalue weighted by atomic mass is 19.1. The van der Waals surface area contributed by atoms with Crippen LogP contribution >= 0.6 is 0 Å². The van der Waals surface area contributed by atoms with Crippen molar-refractivity contribution >= 4 is 23.2 Å². The van der Waals surface area contributed by atoms with Gasteiger partial charge in [0.05, 0.1) is 6.54 Å². The van der Waals surface area contributed by atoms with Gasteiger partial charge in [0.25, 0.3) is 0 Å². The number of likely N-dealkylation sites (tertiary alicyclic amines) is 1. The molecule has 0 spiro atoms. The van der Waals surface area contributed by atoms with Crippen LogP contribution in [-0.4, -0.2) is 55.5 Å². The molecule has 4 rings (SSSR count). The van der Waals surface area contributed by atoms with E-state index in [1.807, 2.05) is 41.3 Å². The number of carbonyl (C=O) groups excluding carboxylic acids is 2. The van der Waals surface area contributed by atoms with Crippen molar-refractivity contribution in [3.8, 4) is 0 Å². The third kappa shape index (κ3) is 5.65. The molecule has 0 aliphatic carbocycles. The molecule has 0 saturated carbocycles. The second-order valence-corrected chi connectivity index (χ2v) is 8.80. The molecule has 2 amide bonds. The van der Waals surface area contributed by atoms with Crippen LogP contribution in [0.3, 0.4) is 0 Å². The van der Waals surface area contributed by atoms with Crippen molar-refractivity contribution in [1.82, 2.24) is 10.2 Å². The summed E-state index contributed by atoms with van der Waals surface area (Å²) >= 11 is 0. The van der Waals surface area contributed by atoms with E-state index in [4.69, 9.17) is 0 Å². The van der Waals surface area contributed by atoms with Gasteiger partial charge in [0.2, 0.25) is 0 Å². The minimum Gasteiger partial charge on any atom is -0.370 e. The number of nitrogens with zero attached hydrogens (tertiary/aromatic N) is 2. The maximum Gasteiger partial charge on any atom is 0.321 e. The van der Waals surface area contributed by atoms with Crippen LogP contribution in [0.4, 0.5) is 20.6 Å². The number of rotatable bonds is 6. The number of ketones is 1. The predicted octanol–water partition coefficient (Wildman–Crippen LogP) is 3.99. The van der Waals surface area contributed by atoms with Gasteiger partial charge in [0, 0.05) is 43.6 Å². The van der Waals surface area contributed by atoms with Gasteiger partial charge in [-0.2, -0.15) is 0 Å². The molecular weight excluding hydrogens is 407 g/mol. The van der Waals surface area contributed by atoms with E-state index in [1.165, 1.54) is 12.1 Å². The van der Waals surface area contributed by atoms with Gasteiger partial charge < -0.3 is 20.4 Å². The van der Waals surface area contributed by atoms with Crippen LogP contribution in [-0.2, 0) is 4.79 Å². The first-order valence-electron chi connectivity index (χ1n) is 11.4. The molecule has 2 aliphatic heterocycles. The van der Waals surface area contributed by atoms with Crippen LogP contribution in [0.1, 0.15) is 37.7 Å². The number of urea groups is 1. The second-order valence-electron chi connectivity index (χ2n) is 8.80. The lowest BCUT2D eigenvalue weighted by Crippen LogP contribution is -2.40. The predicted molar refractivity (Wildman–Crippen MR) is 125 cm³/mol. The van der Waals surface area contributed by atoms with E-state index in [-0.39, 0.29) is 17.6 Å². The van der Waals surface area contributed by atoms with Gasteiger partial charge >= 0.3 is 6.03 Å². The smallest absolute Gasteiger partial charge is 0.321 e. The molecule has 2 aliphatic rings. The average Bonchev–Trinajstić information content (AvgIpc) is 3.28. The van der Waals surface area contributed by atoms with E-state index in [0.29, 0.717) is 31.6 Å². The van der Waals surface area contributed by atoms with E-state index in [2.05, 4.69) is 15.5 Å².